The third kappa shape index (κ3) is 3.32. The van der Waals surface area contributed by atoms with Gasteiger partial charge in [0.2, 0.25) is 0 Å². The summed E-state index contributed by atoms with van der Waals surface area (Å²) in [7, 11) is 31.6. The summed E-state index contributed by atoms with van der Waals surface area (Å²) in [6.45, 7) is 0. The van der Waals surface area contributed by atoms with Crippen LogP contribution in [0.2, 0.25) is 0 Å². The number of halogens is 6. The van der Waals surface area contributed by atoms with Gasteiger partial charge < -0.3 is 0 Å². The molecule has 0 fully saturated rings. The molecule has 3 rings (SSSR count). The molecule has 116 valence electrons. The normalized spacial score (nSPS) is 21.2. The summed E-state index contributed by atoms with van der Waals surface area (Å²) in [5.74, 6) is 0. The van der Waals surface area contributed by atoms with E-state index in [2.05, 4.69) is 0 Å². The Kier molecular flexibility index (Phi) is 5.36. The first kappa shape index (κ1) is 18.1. The Morgan fingerprint density at radius 2 is 0.727 bits per heavy atom. The van der Waals surface area contributed by atoms with Crippen molar-refractivity contribution in [1.82, 2.24) is 0 Å². The molecule has 0 aliphatic heterocycles. The van der Waals surface area contributed by atoms with Crippen molar-refractivity contribution < 1.29 is 0 Å². The van der Waals surface area contributed by atoms with E-state index in [9.17, 15) is 0 Å². The fourth-order valence-corrected chi connectivity index (χ4v) is 15.6. The monoisotopic (exact) mass is 536 g/mol. The maximum absolute atomic E-state index is 6.46. The van der Waals surface area contributed by atoms with Gasteiger partial charge in [-0.25, -0.2) is 0 Å². The molecule has 0 saturated carbocycles. The van der Waals surface area contributed by atoms with Gasteiger partial charge in [-0.05, 0) is 0 Å². The van der Waals surface area contributed by atoms with Crippen LogP contribution in [0.5, 0.6) is 0 Å². The van der Waals surface area contributed by atoms with Crippen LogP contribution in [0.3, 0.4) is 0 Å². The molecule has 2 aromatic carbocycles. The van der Waals surface area contributed by atoms with Crippen LogP contribution in [-0.4, -0.2) is 21.0 Å². The van der Waals surface area contributed by atoms with Gasteiger partial charge in [-0.3, -0.25) is 0 Å². The second-order valence-electron chi connectivity index (χ2n) is 5.21. The van der Waals surface area contributed by atoms with E-state index in [1.165, 1.54) is 0 Å². The van der Waals surface area contributed by atoms with Crippen LogP contribution in [0.25, 0.3) is 0 Å². The quantitative estimate of drug-likeness (QED) is 0.377. The molecule has 22 heavy (non-hydrogen) atoms. The Morgan fingerprint density at radius 1 is 0.500 bits per heavy atom. The third-order valence-corrected chi connectivity index (χ3v) is 16.1. The van der Waals surface area contributed by atoms with Crippen molar-refractivity contribution >= 4 is 81.0 Å². The molecule has 0 heterocycles. The Morgan fingerprint density at radius 3 is 0.909 bits per heavy atom. The second-order valence-corrected chi connectivity index (χ2v) is 36.8. The zero-order valence-electron chi connectivity index (χ0n) is 11.0. The molecular weight excluding hydrogens is 526 g/mol. The molecule has 0 N–H and O–H groups in total. The van der Waals surface area contributed by atoms with E-state index in [1.54, 1.807) is 0 Å². The minimum atomic E-state index is -3.59. The molecule has 0 radical (unpaired) electrons. The van der Waals surface area contributed by atoms with Crippen LogP contribution in [-0.2, 0) is 0 Å². The molecule has 0 spiro atoms. The van der Waals surface area contributed by atoms with Gasteiger partial charge in [-0.15, -0.1) is 0 Å². The predicted octanol–water partition coefficient (Wildman–Crippen LogP) is 6.65. The number of rotatable bonds is 2. The number of fused-ring (bicyclic) bond motifs is 2. The van der Waals surface area contributed by atoms with Crippen LogP contribution >= 0.6 is 60.1 Å². The Balaban J connectivity index is 2.34. The first-order valence-electron chi connectivity index (χ1n) is 6.52. The molecule has 0 atom stereocenters. The molecule has 0 unspecified atom stereocenters. The van der Waals surface area contributed by atoms with E-state index in [1.807, 2.05) is 48.5 Å². The van der Waals surface area contributed by atoms with Crippen molar-refractivity contribution in [2.75, 3.05) is 0 Å². The Bertz CT molecular complexity index is 599. The van der Waals surface area contributed by atoms with E-state index < -0.39 is 21.0 Å². The van der Waals surface area contributed by atoms with Crippen LogP contribution in [0, 0.1) is 0 Å². The molecule has 2 aromatic rings. The summed E-state index contributed by atoms with van der Waals surface area (Å²) < 4.78 is -0.383. The van der Waals surface area contributed by atoms with Gasteiger partial charge in [0, 0.05) is 0 Å². The summed E-state index contributed by atoms with van der Waals surface area (Å²) in [5.41, 5.74) is 4.01. The Hall–Kier alpha value is 1.27. The summed E-state index contributed by atoms with van der Waals surface area (Å²) >= 11 is 0. The molecule has 8 heteroatoms. The van der Waals surface area contributed by atoms with Crippen LogP contribution < -0.4 is 0 Å². The van der Waals surface area contributed by atoms with Crippen molar-refractivity contribution in [3.63, 3.8) is 0 Å². The van der Waals surface area contributed by atoms with Gasteiger partial charge in [0.1, 0.15) is 0 Å². The molecule has 1 aliphatic rings. The summed E-state index contributed by atoms with van der Waals surface area (Å²) in [6.07, 6.45) is 0. The molecule has 1 aliphatic carbocycles. The standard InChI is InChI=1S/C14H10Cl6Ge2/c15-21(16,17)13-9-5-1-2-6-10(9)14(22(18,19)20)12-8-4-3-7-11(12)13/h1-8,13-14H. The topological polar surface area (TPSA) is 0 Å². The zero-order chi connectivity index (χ0) is 16.1. The second kappa shape index (κ2) is 6.53. The molecule has 0 nitrogen and oxygen atoms in total. The summed E-state index contributed by atoms with van der Waals surface area (Å²) in [6, 6.07) is 15.8. The molecule has 0 aromatic heterocycles. The van der Waals surface area contributed by atoms with Crippen molar-refractivity contribution in [3.8, 4) is 0 Å². The summed E-state index contributed by atoms with van der Waals surface area (Å²) in [5, 5.41) is 0. The fourth-order valence-electron chi connectivity index (χ4n) is 3.11. The molecule has 0 bridgehead atoms. The van der Waals surface area contributed by atoms with E-state index in [0.29, 0.717) is 0 Å². The van der Waals surface area contributed by atoms with Gasteiger partial charge in [0.25, 0.3) is 0 Å². The van der Waals surface area contributed by atoms with E-state index >= 15 is 0 Å². The van der Waals surface area contributed by atoms with Gasteiger partial charge in [-0.2, -0.15) is 0 Å². The Labute approximate surface area is 159 Å². The predicted molar refractivity (Wildman–Crippen MR) is 103 cm³/mol. The summed E-state index contributed by atoms with van der Waals surface area (Å²) in [4.78, 5) is 0. The number of hydrogen-bond donors (Lipinski definition) is 0. The van der Waals surface area contributed by atoms with Gasteiger partial charge in [0.15, 0.2) is 0 Å². The van der Waals surface area contributed by atoms with Crippen LogP contribution in [0.1, 0.15) is 31.8 Å². The van der Waals surface area contributed by atoms with Crippen molar-refractivity contribution in [2.24, 2.45) is 0 Å². The molecule has 0 amide bonds. The average molecular weight is 536 g/mol. The van der Waals surface area contributed by atoms with Gasteiger partial charge >= 0.3 is 161 Å². The first-order chi connectivity index (χ1) is 10.2. The van der Waals surface area contributed by atoms with Crippen LogP contribution in [0.4, 0.5) is 0 Å². The minimum absolute atomic E-state index is 0.191. The zero-order valence-corrected chi connectivity index (χ0v) is 19.8. The first-order valence-corrected chi connectivity index (χ1v) is 25.5. The van der Waals surface area contributed by atoms with Crippen molar-refractivity contribution in [2.45, 2.75) is 9.50 Å². The maximum atomic E-state index is 6.46. The van der Waals surface area contributed by atoms with E-state index in [-0.39, 0.29) is 9.50 Å². The van der Waals surface area contributed by atoms with Crippen molar-refractivity contribution in [3.05, 3.63) is 70.8 Å². The van der Waals surface area contributed by atoms with Crippen molar-refractivity contribution in [1.29, 1.82) is 0 Å². The van der Waals surface area contributed by atoms with Crippen LogP contribution in [0.15, 0.2) is 48.5 Å². The van der Waals surface area contributed by atoms with Gasteiger partial charge in [-0.1, -0.05) is 0 Å². The molecular formula is C14H10Cl6Ge2. The van der Waals surface area contributed by atoms with E-state index in [4.69, 9.17) is 60.1 Å². The molecule has 0 saturated heterocycles. The van der Waals surface area contributed by atoms with Gasteiger partial charge in [0.05, 0.1) is 0 Å². The number of hydrogen-bond acceptors (Lipinski definition) is 0. The SMILES string of the molecule is [Cl][Ge]([Cl])([Cl])[CH]1c2ccccc2[CH]([Ge]([Cl])([Cl])[Cl])c2ccccc21. The third-order valence-electron chi connectivity index (χ3n) is 3.89. The fraction of sp³-hybridized carbons (Fsp3) is 0.143. The number of benzene rings is 2. The average Bonchev–Trinajstić information content (AvgIpc) is 2.41. The van der Waals surface area contributed by atoms with E-state index in [0.717, 1.165) is 22.3 Å².